The van der Waals surface area contributed by atoms with Gasteiger partial charge in [0.2, 0.25) is 0 Å². The zero-order valence-electron chi connectivity index (χ0n) is 8.83. The van der Waals surface area contributed by atoms with Crippen molar-refractivity contribution in [1.82, 2.24) is 5.32 Å². The van der Waals surface area contributed by atoms with Gasteiger partial charge in [-0.25, -0.2) is 0 Å². The third-order valence-electron chi connectivity index (χ3n) is 2.23. The highest BCUT2D eigenvalue weighted by Gasteiger charge is 2.25. The second-order valence-corrected chi connectivity index (χ2v) is 3.39. The summed E-state index contributed by atoms with van der Waals surface area (Å²) in [5.74, 6) is 0. The van der Waals surface area contributed by atoms with E-state index in [2.05, 4.69) is 5.32 Å². The molecule has 1 rings (SSSR count). The van der Waals surface area contributed by atoms with Crippen LogP contribution in [0.3, 0.4) is 0 Å². The largest absolute Gasteiger partial charge is 0.389 e. The average Bonchev–Trinajstić information content (AvgIpc) is 2.28. The Morgan fingerprint density at radius 1 is 1.44 bits per heavy atom. The fourth-order valence-corrected chi connectivity index (χ4v) is 1.43. The van der Waals surface area contributed by atoms with Crippen LogP contribution in [0.2, 0.25) is 0 Å². The van der Waals surface area contributed by atoms with E-state index in [-0.39, 0.29) is 17.8 Å². The van der Waals surface area contributed by atoms with E-state index in [1.165, 1.54) is 18.2 Å². The summed E-state index contributed by atoms with van der Waals surface area (Å²) in [6.45, 7) is 0.160. The minimum absolute atomic E-state index is 0.121. The van der Waals surface area contributed by atoms with Crippen molar-refractivity contribution in [2.75, 3.05) is 13.6 Å². The predicted molar refractivity (Wildman–Crippen MR) is 58.0 cm³/mol. The smallest absolute Gasteiger partial charge is 0.275 e. The van der Waals surface area contributed by atoms with E-state index >= 15 is 0 Å². The molecule has 0 aliphatic rings. The maximum Gasteiger partial charge on any atom is 0.275 e. The number of para-hydroxylation sites is 1. The van der Waals surface area contributed by atoms with Crippen molar-refractivity contribution in [1.29, 1.82) is 0 Å². The van der Waals surface area contributed by atoms with Gasteiger partial charge in [-0.15, -0.1) is 0 Å². The molecule has 0 saturated carbocycles. The van der Waals surface area contributed by atoms with Gasteiger partial charge in [-0.1, -0.05) is 12.1 Å². The Labute approximate surface area is 92.7 Å². The molecule has 88 valence electrons. The molecule has 0 fully saturated rings. The van der Waals surface area contributed by atoms with Crippen molar-refractivity contribution < 1.29 is 15.1 Å². The molecular formula is C10H14N2O4. The van der Waals surface area contributed by atoms with Crippen molar-refractivity contribution in [2.24, 2.45) is 0 Å². The third kappa shape index (κ3) is 2.75. The van der Waals surface area contributed by atoms with Crippen LogP contribution in [0.25, 0.3) is 0 Å². The van der Waals surface area contributed by atoms with E-state index in [1.54, 1.807) is 13.1 Å². The molecule has 0 aromatic heterocycles. The number of nitro groups is 1. The fraction of sp³-hybridized carbons (Fsp3) is 0.400. The number of hydrogen-bond donors (Lipinski definition) is 3. The Morgan fingerprint density at radius 2 is 2.06 bits per heavy atom. The number of aliphatic hydroxyl groups is 2. The summed E-state index contributed by atoms with van der Waals surface area (Å²) >= 11 is 0. The molecule has 1 aromatic carbocycles. The first-order valence-electron chi connectivity index (χ1n) is 4.82. The van der Waals surface area contributed by atoms with Crippen molar-refractivity contribution in [3.63, 3.8) is 0 Å². The highest BCUT2D eigenvalue weighted by atomic mass is 16.6. The first kappa shape index (κ1) is 12.6. The quantitative estimate of drug-likeness (QED) is 0.492. The molecule has 0 spiro atoms. The summed E-state index contributed by atoms with van der Waals surface area (Å²) in [6.07, 6.45) is -2.35. The van der Waals surface area contributed by atoms with Crippen molar-refractivity contribution in [3.05, 3.63) is 39.9 Å². The van der Waals surface area contributed by atoms with Crippen LogP contribution in [0.4, 0.5) is 5.69 Å². The highest BCUT2D eigenvalue weighted by molar-refractivity contribution is 5.41. The number of likely N-dealkylation sites (N-methyl/N-ethyl adjacent to an activating group) is 1. The van der Waals surface area contributed by atoms with E-state index in [0.717, 1.165) is 0 Å². The summed E-state index contributed by atoms with van der Waals surface area (Å²) in [6, 6.07) is 5.82. The minimum atomic E-state index is -1.27. The topological polar surface area (TPSA) is 95.6 Å². The molecule has 0 bridgehead atoms. The maximum atomic E-state index is 10.7. The number of benzene rings is 1. The summed E-state index contributed by atoms with van der Waals surface area (Å²) in [5, 5.41) is 32.7. The maximum absolute atomic E-state index is 10.7. The molecule has 0 radical (unpaired) electrons. The third-order valence-corrected chi connectivity index (χ3v) is 2.23. The number of nitro benzene ring substituents is 1. The zero-order chi connectivity index (χ0) is 12.1. The molecule has 3 N–H and O–H groups in total. The molecule has 16 heavy (non-hydrogen) atoms. The van der Waals surface area contributed by atoms with E-state index in [0.29, 0.717) is 0 Å². The lowest BCUT2D eigenvalue weighted by molar-refractivity contribution is -0.386. The molecule has 1 aromatic rings. The van der Waals surface area contributed by atoms with Gasteiger partial charge in [-0.05, 0) is 13.1 Å². The lowest BCUT2D eigenvalue weighted by Gasteiger charge is -2.17. The van der Waals surface area contributed by atoms with Crippen LogP contribution in [0.5, 0.6) is 0 Å². The molecule has 2 unspecified atom stereocenters. The molecule has 2 atom stereocenters. The van der Waals surface area contributed by atoms with E-state index in [9.17, 15) is 20.3 Å². The second kappa shape index (κ2) is 5.55. The highest BCUT2D eigenvalue weighted by Crippen LogP contribution is 2.26. The van der Waals surface area contributed by atoms with Gasteiger partial charge >= 0.3 is 0 Å². The van der Waals surface area contributed by atoms with Gasteiger partial charge in [0, 0.05) is 12.6 Å². The molecule has 0 saturated heterocycles. The Kier molecular flexibility index (Phi) is 4.36. The van der Waals surface area contributed by atoms with Gasteiger partial charge in [0.25, 0.3) is 5.69 Å². The van der Waals surface area contributed by atoms with Crippen LogP contribution in [-0.4, -0.2) is 34.8 Å². The standard InChI is InChI=1S/C10H14N2O4/c1-11-6-9(13)10(14)7-4-2-3-5-8(7)12(15)16/h2-5,9-11,13-14H,6H2,1H3. The van der Waals surface area contributed by atoms with Crippen LogP contribution in [-0.2, 0) is 0 Å². The summed E-state index contributed by atoms with van der Waals surface area (Å²) in [5.41, 5.74) is -0.0691. The summed E-state index contributed by atoms with van der Waals surface area (Å²) in [4.78, 5) is 10.1. The number of nitrogens with one attached hydrogen (secondary N) is 1. The predicted octanol–water partition coefficient (Wildman–Crippen LogP) is 0.208. The summed E-state index contributed by atoms with van der Waals surface area (Å²) in [7, 11) is 1.62. The Morgan fingerprint density at radius 3 is 2.62 bits per heavy atom. The minimum Gasteiger partial charge on any atom is -0.389 e. The molecule has 6 heteroatoms. The van der Waals surface area contributed by atoms with Gasteiger partial charge < -0.3 is 15.5 Å². The van der Waals surface area contributed by atoms with Gasteiger partial charge in [0.15, 0.2) is 0 Å². The SMILES string of the molecule is CNCC(O)C(O)c1ccccc1[N+](=O)[O-]. The van der Waals surface area contributed by atoms with Gasteiger partial charge in [-0.3, -0.25) is 10.1 Å². The summed E-state index contributed by atoms with van der Waals surface area (Å²) < 4.78 is 0. The molecule has 0 aliphatic heterocycles. The molecule has 0 heterocycles. The van der Waals surface area contributed by atoms with Crippen LogP contribution >= 0.6 is 0 Å². The van der Waals surface area contributed by atoms with E-state index in [1.807, 2.05) is 0 Å². The van der Waals surface area contributed by atoms with E-state index < -0.39 is 17.1 Å². The first-order chi connectivity index (χ1) is 7.57. The average molecular weight is 226 g/mol. The fourth-order valence-electron chi connectivity index (χ4n) is 1.43. The van der Waals surface area contributed by atoms with Crippen molar-refractivity contribution in [2.45, 2.75) is 12.2 Å². The van der Waals surface area contributed by atoms with Crippen molar-refractivity contribution in [3.8, 4) is 0 Å². The Balaban J connectivity index is 2.98. The van der Waals surface area contributed by atoms with Gasteiger partial charge in [0.1, 0.15) is 6.10 Å². The second-order valence-electron chi connectivity index (χ2n) is 3.39. The van der Waals surface area contributed by atoms with E-state index in [4.69, 9.17) is 0 Å². The lowest BCUT2D eigenvalue weighted by atomic mass is 10.0. The van der Waals surface area contributed by atoms with Crippen LogP contribution in [0.15, 0.2) is 24.3 Å². The number of nitrogens with zero attached hydrogens (tertiary/aromatic N) is 1. The van der Waals surface area contributed by atoms with Gasteiger partial charge in [-0.2, -0.15) is 0 Å². The first-order valence-corrected chi connectivity index (χ1v) is 4.82. The monoisotopic (exact) mass is 226 g/mol. The number of hydrogen-bond acceptors (Lipinski definition) is 5. The Bertz CT molecular complexity index is 370. The molecule has 0 amide bonds. The normalized spacial score (nSPS) is 14.4. The van der Waals surface area contributed by atoms with Crippen molar-refractivity contribution >= 4 is 5.69 Å². The van der Waals surface area contributed by atoms with Gasteiger partial charge in [0.05, 0.1) is 16.6 Å². The van der Waals surface area contributed by atoms with Crippen LogP contribution < -0.4 is 5.32 Å². The van der Waals surface area contributed by atoms with Crippen LogP contribution in [0.1, 0.15) is 11.7 Å². The number of rotatable bonds is 5. The molecule has 6 nitrogen and oxygen atoms in total. The Hall–Kier alpha value is -1.50. The molecular weight excluding hydrogens is 212 g/mol. The zero-order valence-corrected chi connectivity index (χ0v) is 8.83. The number of aliphatic hydroxyl groups excluding tert-OH is 2. The molecule has 0 aliphatic carbocycles. The van der Waals surface area contributed by atoms with Crippen LogP contribution in [0, 0.1) is 10.1 Å². The lowest BCUT2D eigenvalue weighted by Crippen LogP contribution is -2.29.